The first-order valence-electron chi connectivity index (χ1n) is 9.90. The summed E-state index contributed by atoms with van der Waals surface area (Å²) in [4.78, 5) is 25.9. The predicted octanol–water partition coefficient (Wildman–Crippen LogP) is 1.43. The molecular formula is C21H24N6O. The molecule has 0 bridgehead atoms. The molecule has 5 rings (SSSR count). The molecule has 1 amide bonds. The molecule has 0 spiro atoms. The summed E-state index contributed by atoms with van der Waals surface area (Å²) in [5.74, 6) is 0.126. The first kappa shape index (κ1) is 17.2. The van der Waals surface area contributed by atoms with Gasteiger partial charge in [0.25, 0.3) is 0 Å². The van der Waals surface area contributed by atoms with Gasteiger partial charge in [-0.25, -0.2) is 9.97 Å². The highest BCUT2D eigenvalue weighted by Gasteiger charge is 2.24. The topological polar surface area (TPSA) is 66.3 Å². The maximum absolute atomic E-state index is 12.8. The van der Waals surface area contributed by atoms with Gasteiger partial charge in [0.05, 0.1) is 6.33 Å². The van der Waals surface area contributed by atoms with Crippen molar-refractivity contribution >= 4 is 22.8 Å². The largest absolute Gasteiger partial charge is 0.368 e. The summed E-state index contributed by atoms with van der Waals surface area (Å²) >= 11 is 0. The van der Waals surface area contributed by atoms with Gasteiger partial charge >= 0.3 is 0 Å². The molecule has 2 aliphatic rings. The van der Waals surface area contributed by atoms with E-state index in [1.54, 1.807) is 12.5 Å². The zero-order valence-corrected chi connectivity index (χ0v) is 15.8. The molecule has 7 nitrogen and oxygen atoms in total. The summed E-state index contributed by atoms with van der Waals surface area (Å²) in [5, 5.41) is 3.48. The lowest BCUT2D eigenvalue weighted by molar-refractivity contribution is -0.132. The van der Waals surface area contributed by atoms with E-state index in [1.807, 2.05) is 21.6 Å². The normalized spacial score (nSPS) is 17.0. The molecular weight excluding hydrogens is 352 g/mol. The highest BCUT2D eigenvalue weighted by Crippen LogP contribution is 2.27. The zero-order valence-electron chi connectivity index (χ0n) is 15.8. The van der Waals surface area contributed by atoms with E-state index in [0.717, 1.165) is 56.9 Å². The second kappa shape index (κ2) is 7.24. The first-order valence-corrected chi connectivity index (χ1v) is 9.90. The third-order valence-corrected chi connectivity index (χ3v) is 5.77. The molecule has 0 atom stereocenters. The second-order valence-corrected chi connectivity index (χ2v) is 7.43. The van der Waals surface area contributed by atoms with Gasteiger partial charge in [0.1, 0.15) is 12.1 Å². The number of imidazole rings is 1. The van der Waals surface area contributed by atoms with Gasteiger partial charge in [-0.3, -0.25) is 4.79 Å². The minimum Gasteiger partial charge on any atom is -0.368 e. The summed E-state index contributed by atoms with van der Waals surface area (Å²) in [6.07, 6.45) is 4.53. The van der Waals surface area contributed by atoms with Crippen LogP contribution in [0.25, 0.3) is 11.2 Å². The van der Waals surface area contributed by atoms with Crippen LogP contribution in [0.3, 0.4) is 0 Å². The molecule has 1 aromatic carbocycles. The van der Waals surface area contributed by atoms with Gasteiger partial charge in [-0.15, -0.1) is 0 Å². The van der Waals surface area contributed by atoms with Crippen LogP contribution >= 0.6 is 0 Å². The van der Waals surface area contributed by atoms with Gasteiger partial charge in [-0.1, -0.05) is 12.1 Å². The van der Waals surface area contributed by atoms with Crippen molar-refractivity contribution in [2.45, 2.75) is 19.5 Å². The van der Waals surface area contributed by atoms with Crippen molar-refractivity contribution in [2.75, 3.05) is 37.6 Å². The van der Waals surface area contributed by atoms with Gasteiger partial charge in [0, 0.05) is 44.6 Å². The van der Waals surface area contributed by atoms with Gasteiger partial charge in [-0.05, 0) is 42.3 Å². The van der Waals surface area contributed by atoms with Crippen molar-refractivity contribution in [2.24, 2.45) is 0 Å². The lowest BCUT2D eigenvalue weighted by atomic mass is 9.98. The van der Waals surface area contributed by atoms with Crippen molar-refractivity contribution < 1.29 is 4.79 Å². The number of benzene rings is 1. The lowest BCUT2D eigenvalue weighted by Crippen LogP contribution is -2.50. The van der Waals surface area contributed by atoms with Crippen LogP contribution < -0.4 is 10.2 Å². The van der Waals surface area contributed by atoms with Crippen LogP contribution in [0.4, 0.5) is 5.69 Å². The van der Waals surface area contributed by atoms with E-state index in [0.29, 0.717) is 0 Å². The number of nitrogens with one attached hydrogen (secondary N) is 1. The highest BCUT2D eigenvalue weighted by molar-refractivity contribution is 5.79. The minimum absolute atomic E-state index is 0.126. The predicted molar refractivity (Wildman–Crippen MR) is 108 cm³/mol. The molecule has 144 valence electrons. The number of pyridine rings is 1. The molecule has 2 aliphatic heterocycles. The molecule has 1 saturated heterocycles. The van der Waals surface area contributed by atoms with E-state index in [2.05, 4.69) is 38.4 Å². The molecule has 1 fully saturated rings. The fourth-order valence-electron chi connectivity index (χ4n) is 4.25. The maximum atomic E-state index is 12.8. The Morgan fingerprint density at radius 3 is 2.86 bits per heavy atom. The number of carbonyl (C=O) groups excluding carboxylic acids is 1. The van der Waals surface area contributed by atoms with Crippen LogP contribution in [-0.2, 0) is 24.3 Å². The molecule has 1 N–H and O–H groups in total. The number of hydrogen-bond acceptors (Lipinski definition) is 5. The Kier molecular flexibility index (Phi) is 4.44. The Hall–Kier alpha value is -2.93. The summed E-state index contributed by atoms with van der Waals surface area (Å²) in [6.45, 7) is 5.50. The average molecular weight is 376 g/mol. The number of amides is 1. The summed E-state index contributed by atoms with van der Waals surface area (Å²) in [6, 6.07) is 10.4. The lowest BCUT2D eigenvalue weighted by Gasteiger charge is -2.38. The second-order valence-electron chi connectivity index (χ2n) is 7.43. The van der Waals surface area contributed by atoms with Crippen molar-refractivity contribution in [3.05, 3.63) is 54.0 Å². The van der Waals surface area contributed by atoms with Gasteiger partial charge in [0.15, 0.2) is 5.65 Å². The Bertz CT molecular complexity index is 1010. The Morgan fingerprint density at radius 1 is 1.07 bits per heavy atom. The van der Waals surface area contributed by atoms with Crippen LogP contribution in [0, 0.1) is 0 Å². The molecule has 3 aromatic rings. The smallest absolute Gasteiger partial charge is 0.242 e. The summed E-state index contributed by atoms with van der Waals surface area (Å²) in [7, 11) is 0. The number of fused-ring (bicyclic) bond motifs is 2. The van der Waals surface area contributed by atoms with E-state index in [1.165, 1.54) is 16.8 Å². The number of anilines is 1. The SMILES string of the molecule is O=C(Cn1cnc2cccnc21)N1CCN(c2cccc3c2CNCC3)CC1. The van der Waals surface area contributed by atoms with Crippen LogP contribution in [-0.4, -0.2) is 58.1 Å². The maximum Gasteiger partial charge on any atom is 0.242 e. The molecule has 4 heterocycles. The van der Waals surface area contributed by atoms with E-state index < -0.39 is 0 Å². The van der Waals surface area contributed by atoms with E-state index in [-0.39, 0.29) is 12.5 Å². The molecule has 0 unspecified atom stereocenters. The molecule has 2 aromatic heterocycles. The number of nitrogens with zero attached hydrogens (tertiary/aromatic N) is 5. The number of hydrogen-bond donors (Lipinski definition) is 1. The molecule has 0 aliphatic carbocycles. The Balaban J connectivity index is 1.25. The fourth-order valence-corrected chi connectivity index (χ4v) is 4.25. The first-order chi connectivity index (χ1) is 13.8. The highest BCUT2D eigenvalue weighted by atomic mass is 16.2. The number of aromatic nitrogens is 3. The van der Waals surface area contributed by atoms with E-state index >= 15 is 0 Å². The summed E-state index contributed by atoms with van der Waals surface area (Å²) in [5.41, 5.74) is 5.78. The number of rotatable bonds is 3. The molecule has 28 heavy (non-hydrogen) atoms. The van der Waals surface area contributed by atoms with Crippen molar-refractivity contribution in [1.82, 2.24) is 24.8 Å². The van der Waals surface area contributed by atoms with Gasteiger partial charge < -0.3 is 19.7 Å². The standard InChI is InChI=1S/C21H24N6O/c28-20(14-27-15-24-18-4-2-7-23-21(18)27)26-11-9-25(10-12-26)19-5-1-3-16-6-8-22-13-17(16)19/h1-5,7,15,22H,6,8-14H2. The number of carbonyl (C=O) groups is 1. The van der Waals surface area contributed by atoms with Crippen LogP contribution in [0.15, 0.2) is 42.9 Å². The molecule has 0 radical (unpaired) electrons. The van der Waals surface area contributed by atoms with Gasteiger partial charge in [-0.2, -0.15) is 0 Å². The van der Waals surface area contributed by atoms with E-state index in [4.69, 9.17) is 0 Å². The minimum atomic E-state index is 0.126. The molecule has 0 saturated carbocycles. The number of piperazine rings is 1. The Labute approximate surface area is 164 Å². The quantitative estimate of drug-likeness (QED) is 0.749. The van der Waals surface area contributed by atoms with Crippen LogP contribution in [0.5, 0.6) is 0 Å². The fraction of sp³-hybridized carbons (Fsp3) is 0.381. The average Bonchev–Trinajstić information content (AvgIpc) is 3.16. The Morgan fingerprint density at radius 2 is 1.96 bits per heavy atom. The van der Waals surface area contributed by atoms with Crippen molar-refractivity contribution in [3.8, 4) is 0 Å². The molecule has 7 heteroatoms. The van der Waals surface area contributed by atoms with Crippen LogP contribution in [0.2, 0.25) is 0 Å². The zero-order chi connectivity index (χ0) is 18.9. The van der Waals surface area contributed by atoms with Gasteiger partial charge in [0.2, 0.25) is 5.91 Å². The monoisotopic (exact) mass is 376 g/mol. The third-order valence-electron chi connectivity index (χ3n) is 5.77. The summed E-state index contributed by atoms with van der Waals surface area (Å²) < 4.78 is 1.84. The third kappa shape index (κ3) is 3.11. The van der Waals surface area contributed by atoms with Crippen molar-refractivity contribution in [1.29, 1.82) is 0 Å². The van der Waals surface area contributed by atoms with Crippen molar-refractivity contribution in [3.63, 3.8) is 0 Å². The van der Waals surface area contributed by atoms with E-state index in [9.17, 15) is 4.79 Å². The van der Waals surface area contributed by atoms with Crippen LogP contribution in [0.1, 0.15) is 11.1 Å².